The monoisotopic (exact) mass is 444 g/mol. The molecular formula is C20H23F3N2O4S. The van der Waals surface area contributed by atoms with Gasteiger partial charge in [0.05, 0.1) is 23.5 Å². The zero-order chi connectivity index (χ0) is 22.5. The Morgan fingerprint density at radius 2 is 1.73 bits per heavy atom. The van der Waals surface area contributed by atoms with E-state index >= 15 is 0 Å². The number of nitrogens with zero attached hydrogens (tertiary/aromatic N) is 1. The minimum absolute atomic E-state index is 0.0375. The van der Waals surface area contributed by atoms with Crippen LogP contribution >= 0.6 is 0 Å². The van der Waals surface area contributed by atoms with E-state index < -0.39 is 40.3 Å². The Hall–Kier alpha value is -2.75. The van der Waals surface area contributed by atoms with Gasteiger partial charge in [-0.3, -0.25) is 9.10 Å². The molecule has 0 saturated carbocycles. The van der Waals surface area contributed by atoms with Crippen molar-refractivity contribution in [2.75, 3.05) is 23.7 Å². The second-order valence-corrected chi connectivity index (χ2v) is 8.77. The SMILES string of the molecule is Cc1ccccc1OC[C@H](C)NC(=O)CN(c1ccc(C(F)(F)F)cc1)S(C)(=O)=O. The van der Waals surface area contributed by atoms with E-state index in [2.05, 4.69) is 5.32 Å². The molecule has 6 nitrogen and oxygen atoms in total. The van der Waals surface area contributed by atoms with Gasteiger partial charge in [0, 0.05) is 0 Å². The van der Waals surface area contributed by atoms with Crippen molar-refractivity contribution >= 4 is 21.6 Å². The Morgan fingerprint density at radius 1 is 1.13 bits per heavy atom. The van der Waals surface area contributed by atoms with Gasteiger partial charge in [0.1, 0.15) is 18.9 Å². The number of ether oxygens (including phenoxy) is 1. The van der Waals surface area contributed by atoms with Crippen molar-refractivity contribution in [3.63, 3.8) is 0 Å². The summed E-state index contributed by atoms with van der Waals surface area (Å²) < 4.78 is 68.7. The summed E-state index contributed by atoms with van der Waals surface area (Å²) in [5.74, 6) is 0.0577. The van der Waals surface area contributed by atoms with Crippen LogP contribution in [0.3, 0.4) is 0 Å². The molecule has 2 aromatic rings. The van der Waals surface area contributed by atoms with Crippen LogP contribution in [0.1, 0.15) is 18.1 Å². The number of carbonyl (C=O) groups excluding carboxylic acids is 1. The van der Waals surface area contributed by atoms with E-state index in [1.807, 2.05) is 25.1 Å². The maximum atomic E-state index is 12.7. The molecule has 1 amide bonds. The molecule has 0 aliphatic rings. The highest BCUT2D eigenvalue weighted by Crippen LogP contribution is 2.30. The van der Waals surface area contributed by atoms with E-state index in [1.165, 1.54) is 0 Å². The number of anilines is 1. The Kier molecular flexibility index (Phi) is 7.35. The summed E-state index contributed by atoms with van der Waals surface area (Å²) in [5, 5.41) is 2.63. The molecular weight excluding hydrogens is 421 g/mol. The van der Waals surface area contributed by atoms with E-state index in [0.29, 0.717) is 5.75 Å². The van der Waals surface area contributed by atoms with E-state index in [4.69, 9.17) is 4.74 Å². The average Bonchev–Trinajstić information content (AvgIpc) is 2.64. The lowest BCUT2D eigenvalue weighted by molar-refractivity contribution is -0.137. The molecule has 1 N–H and O–H groups in total. The third-order valence-corrected chi connectivity index (χ3v) is 5.30. The molecule has 0 spiro atoms. The third-order valence-electron chi connectivity index (χ3n) is 4.16. The van der Waals surface area contributed by atoms with Crippen molar-refractivity contribution in [1.29, 1.82) is 0 Å². The molecule has 0 aliphatic heterocycles. The van der Waals surface area contributed by atoms with Gasteiger partial charge in [-0.2, -0.15) is 13.2 Å². The van der Waals surface area contributed by atoms with Crippen LogP contribution in [0, 0.1) is 6.92 Å². The maximum Gasteiger partial charge on any atom is 0.416 e. The van der Waals surface area contributed by atoms with Gasteiger partial charge in [-0.05, 0) is 49.7 Å². The average molecular weight is 444 g/mol. The van der Waals surface area contributed by atoms with E-state index in [-0.39, 0.29) is 12.3 Å². The standard InChI is InChI=1S/C20H23F3N2O4S/c1-14-6-4-5-7-18(14)29-13-15(2)24-19(26)12-25(30(3,27)28)17-10-8-16(9-11-17)20(21,22)23/h4-11,15H,12-13H2,1-3H3,(H,24,26)/t15-/m0/s1. The van der Waals surface area contributed by atoms with Crippen molar-refractivity contribution in [1.82, 2.24) is 5.32 Å². The van der Waals surface area contributed by atoms with E-state index in [1.54, 1.807) is 13.0 Å². The van der Waals surface area contributed by atoms with Gasteiger partial charge in [-0.25, -0.2) is 8.42 Å². The molecule has 0 aromatic heterocycles. The Balaban J connectivity index is 2.02. The van der Waals surface area contributed by atoms with Crippen molar-refractivity contribution in [2.24, 2.45) is 0 Å². The van der Waals surface area contributed by atoms with Gasteiger partial charge in [0.2, 0.25) is 15.9 Å². The topological polar surface area (TPSA) is 75.7 Å². The lowest BCUT2D eigenvalue weighted by Crippen LogP contribution is -2.44. The van der Waals surface area contributed by atoms with Crippen LogP contribution in [-0.2, 0) is 21.0 Å². The van der Waals surface area contributed by atoms with Crippen molar-refractivity contribution in [2.45, 2.75) is 26.1 Å². The molecule has 0 bridgehead atoms. The number of hydrogen-bond acceptors (Lipinski definition) is 4. The number of hydrogen-bond donors (Lipinski definition) is 1. The van der Waals surface area contributed by atoms with Crippen LogP contribution in [0.4, 0.5) is 18.9 Å². The van der Waals surface area contributed by atoms with Crippen molar-refractivity contribution in [3.05, 3.63) is 59.7 Å². The fourth-order valence-corrected chi connectivity index (χ4v) is 3.50. The lowest BCUT2D eigenvalue weighted by Gasteiger charge is -2.23. The summed E-state index contributed by atoms with van der Waals surface area (Å²) in [5.41, 5.74) is -0.0165. The predicted octanol–water partition coefficient (Wildman–Crippen LogP) is 3.36. The molecule has 1 atom stereocenters. The number of nitrogens with one attached hydrogen (secondary N) is 1. The fourth-order valence-electron chi connectivity index (χ4n) is 2.64. The molecule has 0 radical (unpaired) electrons. The summed E-state index contributed by atoms with van der Waals surface area (Å²) in [4.78, 5) is 12.3. The lowest BCUT2D eigenvalue weighted by atomic mass is 10.2. The molecule has 30 heavy (non-hydrogen) atoms. The molecule has 10 heteroatoms. The number of alkyl halides is 3. The molecule has 0 unspecified atom stereocenters. The van der Waals surface area contributed by atoms with E-state index in [0.717, 1.165) is 40.4 Å². The number of carbonyl (C=O) groups is 1. The number of sulfonamides is 1. The molecule has 164 valence electrons. The number of benzene rings is 2. The van der Waals surface area contributed by atoms with Crippen LogP contribution in [-0.4, -0.2) is 39.8 Å². The van der Waals surface area contributed by atoms with Crippen molar-refractivity contribution < 1.29 is 31.1 Å². The van der Waals surface area contributed by atoms with Crippen LogP contribution in [0.2, 0.25) is 0 Å². The summed E-state index contributed by atoms with van der Waals surface area (Å²) in [6, 6.07) is 10.5. The first-order valence-electron chi connectivity index (χ1n) is 9.00. The molecule has 2 aromatic carbocycles. The zero-order valence-corrected chi connectivity index (χ0v) is 17.5. The summed E-state index contributed by atoms with van der Waals surface area (Å²) in [6.45, 7) is 3.17. The predicted molar refractivity (Wildman–Crippen MR) is 108 cm³/mol. The summed E-state index contributed by atoms with van der Waals surface area (Å²) >= 11 is 0. The molecule has 0 heterocycles. The van der Waals surface area contributed by atoms with Gasteiger partial charge in [0.15, 0.2) is 0 Å². The Bertz CT molecular complexity index is 976. The highest BCUT2D eigenvalue weighted by molar-refractivity contribution is 7.92. The zero-order valence-electron chi connectivity index (χ0n) is 16.7. The first kappa shape index (κ1) is 23.5. The first-order chi connectivity index (χ1) is 13.9. The fraction of sp³-hybridized carbons (Fsp3) is 0.350. The second kappa shape index (κ2) is 9.38. The van der Waals surface area contributed by atoms with Crippen LogP contribution < -0.4 is 14.4 Å². The second-order valence-electron chi connectivity index (χ2n) is 6.86. The van der Waals surface area contributed by atoms with Crippen LogP contribution in [0.25, 0.3) is 0 Å². The van der Waals surface area contributed by atoms with Gasteiger partial charge in [-0.15, -0.1) is 0 Å². The molecule has 0 saturated heterocycles. The molecule has 2 rings (SSSR count). The molecule has 0 fully saturated rings. The van der Waals surface area contributed by atoms with Gasteiger partial charge < -0.3 is 10.1 Å². The third kappa shape index (κ3) is 6.65. The number of aryl methyl sites for hydroxylation is 1. The van der Waals surface area contributed by atoms with E-state index in [9.17, 15) is 26.4 Å². The van der Waals surface area contributed by atoms with Crippen molar-refractivity contribution in [3.8, 4) is 5.75 Å². The first-order valence-corrected chi connectivity index (χ1v) is 10.9. The summed E-state index contributed by atoms with van der Waals surface area (Å²) in [6.07, 6.45) is -3.67. The largest absolute Gasteiger partial charge is 0.491 e. The quantitative estimate of drug-likeness (QED) is 0.678. The molecule has 0 aliphatic carbocycles. The normalized spacial score (nSPS) is 12.9. The number of amides is 1. The number of halogens is 3. The smallest absolute Gasteiger partial charge is 0.416 e. The van der Waals surface area contributed by atoms with Crippen LogP contribution in [0.5, 0.6) is 5.75 Å². The number of rotatable bonds is 8. The van der Waals surface area contributed by atoms with Gasteiger partial charge in [0.25, 0.3) is 0 Å². The Labute approximate surface area is 173 Å². The minimum atomic E-state index is -4.54. The minimum Gasteiger partial charge on any atom is -0.491 e. The summed E-state index contributed by atoms with van der Waals surface area (Å²) in [7, 11) is -3.90. The highest BCUT2D eigenvalue weighted by Gasteiger charge is 2.31. The number of para-hydroxylation sites is 1. The highest BCUT2D eigenvalue weighted by atomic mass is 32.2. The Morgan fingerprint density at radius 3 is 2.27 bits per heavy atom. The van der Waals surface area contributed by atoms with Crippen LogP contribution in [0.15, 0.2) is 48.5 Å². The van der Waals surface area contributed by atoms with Gasteiger partial charge >= 0.3 is 6.18 Å². The van der Waals surface area contributed by atoms with Gasteiger partial charge in [-0.1, -0.05) is 18.2 Å². The maximum absolute atomic E-state index is 12.7.